The zero-order valence-electron chi connectivity index (χ0n) is 6.84. The summed E-state index contributed by atoms with van der Waals surface area (Å²) < 4.78 is 0. The Balaban J connectivity index is 2.86. The number of ketones is 1. The van der Waals surface area contributed by atoms with Crippen LogP contribution >= 0.6 is 11.6 Å². The summed E-state index contributed by atoms with van der Waals surface area (Å²) in [6, 6.07) is 0. The number of carbonyl (C=O) groups excluding carboxylic acids is 1. The largest absolute Gasteiger partial charge is 0.345 e. The molecule has 0 saturated carbocycles. The molecule has 1 N–H and O–H groups in total. The van der Waals surface area contributed by atoms with Crippen LogP contribution in [0, 0.1) is 0 Å². The number of H-pyrrole nitrogens is 1. The molecule has 0 fully saturated rings. The van der Waals surface area contributed by atoms with Crippen LogP contribution in [0.1, 0.15) is 17.3 Å². The molecule has 0 aliphatic heterocycles. The zero-order valence-corrected chi connectivity index (χ0v) is 7.59. The second-order valence-electron chi connectivity index (χ2n) is 2.65. The fourth-order valence-corrected chi connectivity index (χ4v) is 1.44. The Kier molecular flexibility index (Phi) is 1.77. The fraction of sp³-hybridized carbons (Fsp3) is 0.125. The molecule has 0 radical (unpaired) electrons. The summed E-state index contributed by atoms with van der Waals surface area (Å²) in [7, 11) is 0. The van der Waals surface area contributed by atoms with E-state index in [9.17, 15) is 4.79 Å². The van der Waals surface area contributed by atoms with Crippen LogP contribution in [0.4, 0.5) is 0 Å². The van der Waals surface area contributed by atoms with Crippen molar-refractivity contribution in [3.05, 3.63) is 23.2 Å². The smallest absolute Gasteiger partial charge is 0.162 e. The van der Waals surface area contributed by atoms with Crippen molar-refractivity contribution in [2.24, 2.45) is 0 Å². The number of hydrogen-bond acceptors (Lipinski definition) is 3. The van der Waals surface area contributed by atoms with E-state index in [0.29, 0.717) is 21.7 Å². The number of fused-ring (bicyclic) bond motifs is 1. The van der Waals surface area contributed by atoms with Gasteiger partial charge in [0.1, 0.15) is 17.1 Å². The first-order valence-electron chi connectivity index (χ1n) is 3.68. The molecule has 0 bridgehead atoms. The van der Waals surface area contributed by atoms with E-state index in [1.54, 1.807) is 6.20 Å². The lowest BCUT2D eigenvalue weighted by molar-refractivity contribution is 0.101. The summed E-state index contributed by atoms with van der Waals surface area (Å²) in [5, 5.41) is 0.896. The van der Waals surface area contributed by atoms with E-state index in [-0.39, 0.29) is 5.78 Å². The third-order valence-electron chi connectivity index (χ3n) is 1.80. The van der Waals surface area contributed by atoms with Gasteiger partial charge in [0.2, 0.25) is 0 Å². The first-order chi connectivity index (χ1) is 6.20. The third kappa shape index (κ3) is 1.19. The predicted octanol–water partition coefficient (Wildman–Crippen LogP) is 1.81. The number of Topliss-reactive ketones (excluding diaryl/α,β-unsaturated/α-hetero) is 1. The molecule has 13 heavy (non-hydrogen) atoms. The molecular formula is C8H6ClN3O. The molecule has 0 aromatic carbocycles. The minimum Gasteiger partial charge on any atom is -0.345 e. The van der Waals surface area contributed by atoms with Crippen molar-refractivity contribution in [3.63, 3.8) is 0 Å². The highest BCUT2D eigenvalue weighted by Crippen LogP contribution is 2.22. The van der Waals surface area contributed by atoms with Crippen LogP contribution in [0.3, 0.4) is 0 Å². The minimum absolute atomic E-state index is 0.0528. The van der Waals surface area contributed by atoms with Crippen LogP contribution in [0.25, 0.3) is 11.0 Å². The van der Waals surface area contributed by atoms with E-state index in [0.717, 1.165) is 0 Å². The van der Waals surface area contributed by atoms with Crippen LogP contribution in [-0.2, 0) is 0 Å². The summed E-state index contributed by atoms with van der Waals surface area (Å²) in [4.78, 5) is 21.7. The second-order valence-corrected chi connectivity index (χ2v) is 3.00. The van der Waals surface area contributed by atoms with Crippen LogP contribution < -0.4 is 0 Å². The third-order valence-corrected chi connectivity index (χ3v) is 2.09. The quantitative estimate of drug-likeness (QED) is 0.558. The first-order valence-corrected chi connectivity index (χ1v) is 4.06. The lowest BCUT2D eigenvalue weighted by Crippen LogP contribution is -1.90. The Morgan fingerprint density at radius 1 is 1.54 bits per heavy atom. The van der Waals surface area contributed by atoms with Gasteiger partial charge in [-0.25, -0.2) is 9.97 Å². The Hall–Kier alpha value is -1.42. The SMILES string of the molecule is CC(=O)c1c[nH]c2ncnc(Cl)c12. The topological polar surface area (TPSA) is 58.6 Å². The van der Waals surface area contributed by atoms with E-state index < -0.39 is 0 Å². The number of halogens is 1. The summed E-state index contributed by atoms with van der Waals surface area (Å²) in [5.41, 5.74) is 1.12. The maximum absolute atomic E-state index is 11.1. The number of aromatic nitrogens is 3. The molecule has 0 spiro atoms. The van der Waals surface area contributed by atoms with Gasteiger partial charge in [-0.05, 0) is 6.92 Å². The molecule has 0 saturated heterocycles. The average molecular weight is 196 g/mol. The number of aromatic amines is 1. The molecule has 2 aromatic rings. The van der Waals surface area contributed by atoms with Gasteiger partial charge in [0.25, 0.3) is 0 Å². The molecule has 5 heteroatoms. The van der Waals surface area contributed by atoms with E-state index in [2.05, 4.69) is 15.0 Å². The van der Waals surface area contributed by atoms with Gasteiger partial charge in [0, 0.05) is 11.8 Å². The molecule has 0 atom stereocenters. The molecule has 0 aliphatic rings. The molecule has 0 unspecified atom stereocenters. The van der Waals surface area contributed by atoms with Gasteiger partial charge >= 0.3 is 0 Å². The summed E-state index contributed by atoms with van der Waals surface area (Å²) in [5.74, 6) is -0.0528. The summed E-state index contributed by atoms with van der Waals surface area (Å²) in [6.07, 6.45) is 2.94. The van der Waals surface area contributed by atoms with Crippen LogP contribution in [0.2, 0.25) is 5.15 Å². The van der Waals surface area contributed by atoms with Crippen molar-refractivity contribution in [2.45, 2.75) is 6.92 Å². The minimum atomic E-state index is -0.0528. The van der Waals surface area contributed by atoms with Crippen molar-refractivity contribution in [1.29, 1.82) is 0 Å². The van der Waals surface area contributed by atoms with Gasteiger partial charge in [-0.1, -0.05) is 11.6 Å². The van der Waals surface area contributed by atoms with E-state index >= 15 is 0 Å². The van der Waals surface area contributed by atoms with Gasteiger partial charge in [-0.3, -0.25) is 4.79 Å². The van der Waals surface area contributed by atoms with Gasteiger partial charge in [0.05, 0.1) is 5.39 Å². The molecule has 4 nitrogen and oxygen atoms in total. The Morgan fingerprint density at radius 2 is 2.31 bits per heavy atom. The number of nitrogens with zero attached hydrogens (tertiary/aromatic N) is 2. The highest BCUT2D eigenvalue weighted by Gasteiger charge is 2.11. The summed E-state index contributed by atoms with van der Waals surface area (Å²) >= 11 is 5.82. The molecule has 0 aliphatic carbocycles. The summed E-state index contributed by atoms with van der Waals surface area (Å²) in [6.45, 7) is 1.48. The van der Waals surface area contributed by atoms with E-state index in [4.69, 9.17) is 11.6 Å². The Labute approximate surface area is 79.0 Å². The second kappa shape index (κ2) is 2.81. The lowest BCUT2D eigenvalue weighted by atomic mass is 10.2. The number of hydrogen-bond donors (Lipinski definition) is 1. The van der Waals surface area contributed by atoms with E-state index in [1.807, 2.05) is 0 Å². The first kappa shape index (κ1) is 8.19. The van der Waals surface area contributed by atoms with Crippen LogP contribution in [0.5, 0.6) is 0 Å². The lowest BCUT2D eigenvalue weighted by Gasteiger charge is -1.93. The highest BCUT2D eigenvalue weighted by atomic mass is 35.5. The molecule has 0 amide bonds. The maximum Gasteiger partial charge on any atom is 0.162 e. The molecule has 66 valence electrons. The number of carbonyl (C=O) groups is 1. The van der Waals surface area contributed by atoms with Crippen molar-refractivity contribution in [3.8, 4) is 0 Å². The Morgan fingerprint density at radius 3 is 3.00 bits per heavy atom. The highest BCUT2D eigenvalue weighted by molar-refractivity contribution is 6.35. The van der Waals surface area contributed by atoms with Crippen LogP contribution in [0.15, 0.2) is 12.5 Å². The van der Waals surface area contributed by atoms with Gasteiger partial charge in [-0.15, -0.1) is 0 Å². The molecule has 2 heterocycles. The normalized spacial score (nSPS) is 10.6. The van der Waals surface area contributed by atoms with Gasteiger partial charge in [-0.2, -0.15) is 0 Å². The van der Waals surface area contributed by atoms with Crippen LogP contribution in [-0.4, -0.2) is 20.7 Å². The van der Waals surface area contributed by atoms with Gasteiger partial charge in [0.15, 0.2) is 5.78 Å². The van der Waals surface area contributed by atoms with Crippen molar-refractivity contribution < 1.29 is 4.79 Å². The molecule has 2 aromatic heterocycles. The monoisotopic (exact) mass is 195 g/mol. The average Bonchev–Trinajstić information content (AvgIpc) is 2.49. The van der Waals surface area contributed by atoms with Crippen molar-refractivity contribution in [2.75, 3.05) is 0 Å². The maximum atomic E-state index is 11.1. The van der Waals surface area contributed by atoms with Crippen molar-refractivity contribution >= 4 is 28.4 Å². The Bertz CT molecular complexity index is 477. The molecule has 2 rings (SSSR count). The van der Waals surface area contributed by atoms with E-state index in [1.165, 1.54) is 13.3 Å². The number of rotatable bonds is 1. The van der Waals surface area contributed by atoms with Crippen molar-refractivity contribution in [1.82, 2.24) is 15.0 Å². The zero-order chi connectivity index (χ0) is 9.42. The molecular weight excluding hydrogens is 190 g/mol. The fourth-order valence-electron chi connectivity index (χ4n) is 1.20. The standard InChI is InChI=1S/C8H6ClN3O/c1-4(13)5-2-10-8-6(5)7(9)11-3-12-8/h2-3H,1H3,(H,10,11,12). The predicted molar refractivity (Wildman–Crippen MR) is 48.9 cm³/mol. The van der Waals surface area contributed by atoms with Gasteiger partial charge < -0.3 is 4.98 Å². The number of nitrogens with one attached hydrogen (secondary N) is 1.